The van der Waals surface area contributed by atoms with Gasteiger partial charge >= 0.3 is 0 Å². The number of hydrogen-bond donors (Lipinski definition) is 0. The zero-order chi connectivity index (χ0) is 30.1. The first-order chi connectivity index (χ1) is 21.5. The van der Waals surface area contributed by atoms with Crippen LogP contribution in [0.3, 0.4) is 0 Å². The minimum atomic E-state index is -0.257. The lowest BCUT2D eigenvalue weighted by Gasteiger charge is -2.32. The van der Waals surface area contributed by atoms with Gasteiger partial charge in [-0.3, -0.25) is 9.59 Å². The molecule has 0 radical (unpaired) electrons. The predicted octanol–water partition coefficient (Wildman–Crippen LogP) is 10.4. The molecule has 8 rings (SSSR count). The zero-order valence-electron chi connectivity index (χ0n) is 25.0. The van der Waals surface area contributed by atoms with Crippen molar-refractivity contribution in [3.63, 3.8) is 0 Å². The van der Waals surface area contributed by atoms with Crippen LogP contribution in [0.25, 0.3) is 43.1 Å². The van der Waals surface area contributed by atoms with Crippen LogP contribution in [0.5, 0.6) is 11.5 Å². The molecule has 0 aromatic heterocycles. The maximum Gasteiger partial charge on any atom is 0.266 e. The fourth-order valence-corrected chi connectivity index (χ4v) is 7.19. The summed E-state index contributed by atoms with van der Waals surface area (Å²) >= 11 is 0. The number of fused-ring (bicyclic) bond motifs is 2. The number of benzene rings is 7. The van der Waals surface area contributed by atoms with Crippen LogP contribution in [0.15, 0.2) is 103 Å². The maximum atomic E-state index is 14.4. The number of ether oxygens (including phenoxy) is 1. The van der Waals surface area contributed by atoms with Crippen LogP contribution in [-0.2, 0) is 6.42 Å². The van der Waals surface area contributed by atoms with Gasteiger partial charge in [-0.15, -0.1) is 0 Å². The zero-order valence-corrected chi connectivity index (χ0v) is 25.0. The highest BCUT2D eigenvalue weighted by atomic mass is 16.5. The summed E-state index contributed by atoms with van der Waals surface area (Å²) in [7, 11) is 0. The normalized spacial score (nSPS) is 13.3. The Bertz CT molecular complexity index is 2210. The van der Waals surface area contributed by atoms with E-state index in [4.69, 9.17) is 4.74 Å². The third-order valence-electron chi connectivity index (χ3n) is 9.10. The molecule has 0 bridgehead atoms. The molecular weight excluding hydrogens is 542 g/mol. The largest absolute Gasteiger partial charge is 0.457 e. The second kappa shape index (κ2) is 9.92. The van der Waals surface area contributed by atoms with Crippen molar-refractivity contribution in [2.24, 2.45) is 0 Å². The lowest BCUT2D eigenvalue weighted by Crippen LogP contribution is -2.41. The number of amides is 2. The van der Waals surface area contributed by atoms with E-state index in [1.165, 1.54) is 4.90 Å². The number of carbonyl (C=O) groups excluding carboxylic acids is 2. The highest BCUT2D eigenvalue weighted by molar-refractivity contribution is 6.42. The van der Waals surface area contributed by atoms with Gasteiger partial charge in [0.15, 0.2) is 0 Å². The number of nitrogens with zero attached hydrogens (tertiary/aromatic N) is 1. The number of anilines is 1. The molecule has 7 aromatic carbocycles. The van der Waals surface area contributed by atoms with Crippen LogP contribution in [0, 0.1) is 0 Å². The van der Waals surface area contributed by atoms with Crippen LogP contribution in [0.4, 0.5) is 5.69 Å². The monoisotopic (exact) mass is 573 g/mol. The minimum absolute atomic E-state index is 0.159. The van der Waals surface area contributed by atoms with E-state index in [1.807, 2.05) is 66.7 Å². The van der Waals surface area contributed by atoms with Gasteiger partial charge in [0.2, 0.25) is 0 Å². The van der Waals surface area contributed by atoms with Crippen molar-refractivity contribution < 1.29 is 14.3 Å². The van der Waals surface area contributed by atoms with Crippen molar-refractivity contribution in [2.45, 2.75) is 39.5 Å². The molecule has 0 saturated carbocycles. The van der Waals surface area contributed by atoms with Gasteiger partial charge in [-0.1, -0.05) is 93.9 Å². The number of carbonyl (C=O) groups is 2. The summed E-state index contributed by atoms with van der Waals surface area (Å²) in [6, 6.07) is 34.3. The van der Waals surface area contributed by atoms with Gasteiger partial charge in [-0.05, 0) is 86.8 Å². The number of hydrogen-bond acceptors (Lipinski definition) is 3. The van der Waals surface area contributed by atoms with Crippen LogP contribution in [0.2, 0.25) is 0 Å². The second-order valence-electron chi connectivity index (χ2n) is 12.0. The van der Waals surface area contributed by atoms with Gasteiger partial charge in [-0.25, -0.2) is 4.90 Å². The van der Waals surface area contributed by atoms with E-state index in [-0.39, 0.29) is 17.7 Å². The molecule has 2 amide bonds. The van der Waals surface area contributed by atoms with Crippen molar-refractivity contribution in [3.05, 3.63) is 125 Å². The Morgan fingerprint density at radius 3 is 1.91 bits per heavy atom. The van der Waals surface area contributed by atoms with Crippen molar-refractivity contribution in [1.29, 1.82) is 0 Å². The summed E-state index contributed by atoms with van der Waals surface area (Å²) in [6.07, 6.45) is 1.72. The Balaban J connectivity index is 1.38. The topological polar surface area (TPSA) is 46.6 Å². The number of rotatable bonds is 6. The van der Waals surface area contributed by atoms with Gasteiger partial charge in [0.1, 0.15) is 11.5 Å². The van der Waals surface area contributed by atoms with Gasteiger partial charge < -0.3 is 4.74 Å². The average molecular weight is 574 g/mol. The molecule has 7 aromatic rings. The van der Waals surface area contributed by atoms with Gasteiger partial charge in [0.05, 0.1) is 5.69 Å². The Hall–Kier alpha value is -5.22. The molecule has 0 unspecified atom stereocenters. The van der Waals surface area contributed by atoms with Crippen molar-refractivity contribution in [3.8, 4) is 11.5 Å². The molecule has 1 aliphatic rings. The van der Waals surface area contributed by atoms with E-state index >= 15 is 0 Å². The highest BCUT2D eigenvalue weighted by Crippen LogP contribution is 2.47. The first-order valence-corrected chi connectivity index (χ1v) is 15.4. The Kier molecular flexibility index (Phi) is 5.95. The maximum absolute atomic E-state index is 14.4. The molecular formula is C40H31NO3. The molecule has 0 N–H and O–H groups in total. The second-order valence-corrected chi connectivity index (χ2v) is 12.0. The summed E-state index contributed by atoms with van der Waals surface area (Å²) in [4.78, 5) is 30.3. The van der Waals surface area contributed by atoms with E-state index in [9.17, 15) is 9.59 Å². The molecule has 214 valence electrons. The van der Waals surface area contributed by atoms with Gasteiger partial charge in [0, 0.05) is 27.3 Å². The molecule has 4 heteroatoms. The fourth-order valence-electron chi connectivity index (χ4n) is 7.19. The predicted molar refractivity (Wildman–Crippen MR) is 180 cm³/mol. The molecule has 0 fully saturated rings. The van der Waals surface area contributed by atoms with Crippen molar-refractivity contribution in [2.75, 3.05) is 4.90 Å². The smallest absolute Gasteiger partial charge is 0.266 e. The molecule has 0 spiro atoms. The highest BCUT2D eigenvalue weighted by Gasteiger charge is 2.37. The Morgan fingerprint density at radius 1 is 0.614 bits per heavy atom. The fraction of sp³-hybridized carbons (Fsp3) is 0.150. The Labute approximate surface area is 255 Å². The van der Waals surface area contributed by atoms with Crippen LogP contribution in [-0.4, -0.2) is 11.8 Å². The third-order valence-corrected chi connectivity index (χ3v) is 9.10. The molecule has 0 atom stereocenters. The molecule has 4 nitrogen and oxygen atoms in total. The van der Waals surface area contributed by atoms with Gasteiger partial charge in [0.25, 0.3) is 11.8 Å². The van der Waals surface area contributed by atoms with Crippen molar-refractivity contribution in [1.82, 2.24) is 0 Å². The lowest BCUT2D eigenvalue weighted by atomic mass is 9.84. The van der Waals surface area contributed by atoms with E-state index in [0.29, 0.717) is 11.1 Å². The van der Waals surface area contributed by atoms with Crippen LogP contribution >= 0.6 is 0 Å². The summed E-state index contributed by atoms with van der Waals surface area (Å²) < 4.78 is 6.34. The summed E-state index contributed by atoms with van der Waals surface area (Å²) in [5, 5.41) is 8.05. The number of para-hydroxylation sites is 2. The van der Waals surface area contributed by atoms with E-state index in [1.54, 1.807) is 0 Å². The Morgan fingerprint density at radius 2 is 1.23 bits per heavy atom. The van der Waals surface area contributed by atoms with E-state index < -0.39 is 0 Å². The third kappa shape index (κ3) is 3.70. The van der Waals surface area contributed by atoms with E-state index in [0.717, 1.165) is 84.2 Å². The van der Waals surface area contributed by atoms with Crippen molar-refractivity contribution >= 4 is 60.6 Å². The quantitative estimate of drug-likeness (QED) is 0.113. The minimum Gasteiger partial charge on any atom is -0.457 e. The first kappa shape index (κ1) is 26.4. The average Bonchev–Trinajstić information content (AvgIpc) is 3.04. The first-order valence-electron chi connectivity index (χ1n) is 15.4. The molecule has 0 aliphatic carbocycles. The summed E-state index contributed by atoms with van der Waals surface area (Å²) in [5.41, 5.74) is 3.94. The number of aryl methyl sites for hydroxylation is 1. The standard InChI is InChI=1S/C40H31NO3/c1-4-10-24-11-8-14-26(23(2)3)38(24)41-39(42)32-19-17-29-27-15-9-16-31-34(44-25-12-6-5-7-13-25)22-21-28(35(27)31)30-18-20-33(40(41)43)37(32)36(29)30/h5-9,11-23H,4,10H2,1-3H3. The number of imide groups is 1. The summed E-state index contributed by atoms with van der Waals surface area (Å²) in [5.74, 6) is 1.22. The summed E-state index contributed by atoms with van der Waals surface area (Å²) in [6.45, 7) is 6.35. The molecule has 0 saturated heterocycles. The molecule has 1 aliphatic heterocycles. The molecule has 1 heterocycles. The van der Waals surface area contributed by atoms with E-state index in [2.05, 4.69) is 57.2 Å². The van der Waals surface area contributed by atoms with Gasteiger partial charge in [-0.2, -0.15) is 0 Å². The molecule has 44 heavy (non-hydrogen) atoms. The van der Waals surface area contributed by atoms with Crippen LogP contribution < -0.4 is 9.64 Å². The SMILES string of the molecule is CCCc1cccc(C(C)C)c1N1C(=O)c2ccc3c4cccc5c(Oc6ccccc6)ccc(c6ccc(c2c36)C1=O)c54. The van der Waals surface area contributed by atoms with Crippen LogP contribution in [0.1, 0.15) is 65.0 Å². The lowest BCUT2D eigenvalue weighted by molar-refractivity contribution is 0.0893.